The van der Waals surface area contributed by atoms with Crippen molar-refractivity contribution in [1.29, 1.82) is 0 Å². The summed E-state index contributed by atoms with van der Waals surface area (Å²) < 4.78 is 16.9. The number of allylic oxidation sites excluding steroid dienone is 1. The maximum Gasteiger partial charge on any atom is 0.334 e. The summed E-state index contributed by atoms with van der Waals surface area (Å²) in [6.45, 7) is 2.81. The van der Waals surface area contributed by atoms with Crippen molar-refractivity contribution in [2.45, 2.75) is 44.8 Å². The second-order valence-electron chi connectivity index (χ2n) is 9.22. The van der Waals surface area contributed by atoms with Crippen LogP contribution in [0.1, 0.15) is 43.2 Å². The van der Waals surface area contributed by atoms with E-state index < -0.39 is 0 Å². The van der Waals surface area contributed by atoms with E-state index in [1.807, 2.05) is 36.4 Å². The monoisotopic (exact) mass is 461 g/mol. The van der Waals surface area contributed by atoms with Crippen LogP contribution in [0.25, 0.3) is 0 Å². The number of ketones is 1. The molecule has 3 aliphatic rings. The highest BCUT2D eigenvalue weighted by atomic mass is 16.5. The van der Waals surface area contributed by atoms with Gasteiger partial charge in [0.25, 0.3) is 0 Å². The van der Waals surface area contributed by atoms with Crippen LogP contribution in [0.5, 0.6) is 5.75 Å². The molecule has 0 amide bonds. The number of carbonyl (C=O) groups excluding carboxylic acids is 2. The highest BCUT2D eigenvalue weighted by molar-refractivity contribution is 6.06. The van der Waals surface area contributed by atoms with Crippen LogP contribution >= 0.6 is 0 Å². The fraction of sp³-hybridized carbons (Fsp3) is 0.429. The maximum atomic E-state index is 13.2. The van der Waals surface area contributed by atoms with E-state index in [0.717, 1.165) is 29.8 Å². The Morgan fingerprint density at radius 2 is 1.91 bits per heavy atom. The molecular weight excluding hydrogens is 430 g/mol. The van der Waals surface area contributed by atoms with Crippen molar-refractivity contribution in [3.05, 3.63) is 70.8 Å². The van der Waals surface area contributed by atoms with Gasteiger partial charge in [-0.05, 0) is 55.0 Å². The van der Waals surface area contributed by atoms with Gasteiger partial charge < -0.3 is 19.5 Å². The lowest BCUT2D eigenvalue weighted by atomic mass is 9.62. The Balaban J connectivity index is 1.49. The van der Waals surface area contributed by atoms with Gasteiger partial charge in [-0.25, -0.2) is 4.79 Å². The fourth-order valence-corrected chi connectivity index (χ4v) is 5.94. The van der Waals surface area contributed by atoms with Crippen LogP contribution in [-0.2, 0) is 25.7 Å². The first-order valence-electron chi connectivity index (χ1n) is 12.1. The minimum absolute atomic E-state index is 0.0210. The molecular formula is C28H31NO5. The van der Waals surface area contributed by atoms with Crippen molar-refractivity contribution < 1.29 is 23.8 Å². The number of Topliss-reactive ketones (excluding diaryl/α,β-unsaturated/α-hetero) is 1. The Kier molecular flexibility index (Phi) is 6.42. The molecule has 1 fully saturated rings. The third kappa shape index (κ3) is 4.00. The zero-order chi connectivity index (χ0) is 23.7. The molecule has 34 heavy (non-hydrogen) atoms. The number of nitrogens with one attached hydrogen (secondary N) is 1. The summed E-state index contributed by atoms with van der Waals surface area (Å²) in [4.78, 5) is 26.5. The molecule has 6 nitrogen and oxygen atoms in total. The molecule has 0 saturated heterocycles. The number of ether oxygens (including phenoxy) is 3. The minimum Gasteiger partial charge on any atom is -0.497 e. The Morgan fingerprint density at radius 3 is 2.68 bits per heavy atom. The second kappa shape index (κ2) is 9.63. The first-order chi connectivity index (χ1) is 16.6. The van der Waals surface area contributed by atoms with Crippen LogP contribution in [0.15, 0.2) is 59.7 Å². The van der Waals surface area contributed by atoms with Gasteiger partial charge >= 0.3 is 5.97 Å². The summed E-state index contributed by atoms with van der Waals surface area (Å²) in [6.07, 6.45) is 2.24. The van der Waals surface area contributed by atoms with E-state index in [1.54, 1.807) is 14.0 Å². The third-order valence-electron chi connectivity index (χ3n) is 7.37. The third-order valence-corrected chi connectivity index (χ3v) is 7.37. The number of esters is 1. The number of methoxy groups -OCH3 is 1. The van der Waals surface area contributed by atoms with Crippen molar-refractivity contribution in [3.8, 4) is 5.75 Å². The molecule has 6 heteroatoms. The van der Waals surface area contributed by atoms with E-state index in [2.05, 4.69) is 17.4 Å². The van der Waals surface area contributed by atoms with Crippen LogP contribution in [0.4, 0.5) is 5.69 Å². The molecule has 1 aliphatic heterocycles. The maximum absolute atomic E-state index is 13.2. The number of hydrogen-bond acceptors (Lipinski definition) is 6. The number of fused-ring (bicyclic) bond motifs is 5. The number of hydrogen-bond donors (Lipinski definition) is 1. The predicted octanol–water partition coefficient (Wildman–Crippen LogP) is 4.65. The molecule has 1 saturated carbocycles. The lowest BCUT2D eigenvalue weighted by Gasteiger charge is -2.43. The van der Waals surface area contributed by atoms with Crippen molar-refractivity contribution in [2.24, 2.45) is 11.8 Å². The highest BCUT2D eigenvalue weighted by Gasteiger charge is 2.52. The summed E-state index contributed by atoms with van der Waals surface area (Å²) in [7, 11) is 1.64. The van der Waals surface area contributed by atoms with Crippen molar-refractivity contribution in [1.82, 2.24) is 0 Å². The number of para-hydroxylation sites is 1. The van der Waals surface area contributed by atoms with Gasteiger partial charge in [0.05, 0.1) is 32.5 Å². The van der Waals surface area contributed by atoms with E-state index in [-0.39, 0.29) is 42.2 Å². The molecule has 178 valence electrons. The summed E-state index contributed by atoms with van der Waals surface area (Å²) in [5.74, 6) is 0.392. The van der Waals surface area contributed by atoms with E-state index in [1.165, 1.54) is 5.56 Å². The van der Waals surface area contributed by atoms with Gasteiger partial charge in [-0.3, -0.25) is 4.79 Å². The average molecular weight is 462 g/mol. The van der Waals surface area contributed by atoms with Gasteiger partial charge in [0.1, 0.15) is 5.75 Å². The summed E-state index contributed by atoms with van der Waals surface area (Å²) in [5, 5.41) is 3.68. The van der Waals surface area contributed by atoms with Gasteiger partial charge in [-0.2, -0.15) is 0 Å². The number of rotatable bonds is 7. The molecule has 5 rings (SSSR count). The van der Waals surface area contributed by atoms with Crippen LogP contribution in [0.3, 0.4) is 0 Å². The molecule has 4 atom stereocenters. The molecule has 2 aliphatic carbocycles. The van der Waals surface area contributed by atoms with Gasteiger partial charge in [0, 0.05) is 35.6 Å². The van der Waals surface area contributed by atoms with E-state index >= 15 is 0 Å². The van der Waals surface area contributed by atoms with E-state index in [0.29, 0.717) is 30.8 Å². The first kappa shape index (κ1) is 22.7. The van der Waals surface area contributed by atoms with Gasteiger partial charge in [0.2, 0.25) is 0 Å². The number of anilines is 1. The molecule has 1 N–H and O–H groups in total. The van der Waals surface area contributed by atoms with E-state index in [4.69, 9.17) is 14.2 Å². The second-order valence-corrected chi connectivity index (χ2v) is 9.22. The van der Waals surface area contributed by atoms with Gasteiger partial charge in [-0.1, -0.05) is 30.3 Å². The van der Waals surface area contributed by atoms with E-state index in [9.17, 15) is 9.59 Å². The smallest absolute Gasteiger partial charge is 0.334 e. The summed E-state index contributed by atoms with van der Waals surface area (Å²) >= 11 is 0. The molecule has 1 heterocycles. The molecule has 0 bridgehead atoms. The molecule has 0 aromatic heterocycles. The molecule has 2 aromatic rings. The SMILES string of the molecule is CCOC(=O)C1=C2C(=O)CCC[C@@H]2[C@H]2c3ccccc3N[C@H]2[C@@H]1COCc1ccc(OC)cc1. The zero-order valence-corrected chi connectivity index (χ0v) is 19.7. The Labute approximate surface area is 200 Å². The van der Waals surface area contributed by atoms with Crippen molar-refractivity contribution in [3.63, 3.8) is 0 Å². The normalized spacial score (nSPS) is 25.2. The van der Waals surface area contributed by atoms with Crippen LogP contribution < -0.4 is 10.1 Å². The quantitative estimate of drug-likeness (QED) is 0.605. The molecule has 0 spiro atoms. The average Bonchev–Trinajstić information content (AvgIpc) is 3.25. The minimum atomic E-state index is -0.382. The molecule has 0 unspecified atom stereocenters. The lowest BCUT2D eigenvalue weighted by Crippen LogP contribution is -2.47. The van der Waals surface area contributed by atoms with Gasteiger partial charge in [0.15, 0.2) is 5.78 Å². The first-order valence-corrected chi connectivity index (χ1v) is 12.1. The fourth-order valence-electron chi connectivity index (χ4n) is 5.94. The van der Waals surface area contributed by atoms with Crippen LogP contribution in [0, 0.1) is 11.8 Å². The number of benzene rings is 2. The predicted molar refractivity (Wildman–Crippen MR) is 129 cm³/mol. The lowest BCUT2D eigenvalue weighted by molar-refractivity contribution is -0.140. The number of carbonyl (C=O) groups is 2. The Morgan fingerprint density at radius 1 is 1.12 bits per heavy atom. The Hall–Kier alpha value is -3.12. The van der Waals surface area contributed by atoms with Crippen LogP contribution in [0.2, 0.25) is 0 Å². The topological polar surface area (TPSA) is 73.9 Å². The molecule has 0 radical (unpaired) electrons. The van der Waals surface area contributed by atoms with Crippen molar-refractivity contribution >= 4 is 17.4 Å². The summed E-state index contributed by atoms with van der Waals surface area (Å²) in [5.41, 5.74) is 4.54. The van der Waals surface area contributed by atoms with Gasteiger partial charge in [-0.15, -0.1) is 0 Å². The molecule has 2 aromatic carbocycles. The van der Waals surface area contributed by atoms with Crippen molar-refractivity contribution in [2.75, 3.05) is 25.6 Å². The standard InChI is InChI=1S/C28H31NO5/c1-3-34-28(31)26-21(16-33-15-17-11-13-18(32-2)14-12-17)27-24(19-7-4-5-9-22(19)29-27)20-8-6-10-23(30)25(20)26/h4-5,7,9,11-14,20-21,24,27,29H,3,6,8,10,15-16H2,1-2H3/t20-,21-,24-,27+/m1/s1. The Bertz CT molecular complexity index is 1110. The van der Waals surface area contributed by atoms with Crippen LogP contribution in [-0.4, -0.2) is 38.1 Å². The largest absolute Gasteiger partial charge is 0.497 e. The zero-order valence-electron chi connectivity index (χ0n) is 19.7. The highest BCUT2D eigenvalue weighted by Crippen LogP contribution is 2.54. The summed E-state index contributed by atoms with van der Waals surface area (Å²) in [6, 6.07) is 16.0.